The van der Waals surface area contributed by atoms with Gasteiger partial charge in [0.1, 0.15) is 5.69 Å². The normalized spacial score (nSPS) is 23.9. The predicted molar refractivity (Wildman–Crippen MR) is 101 cm³/mol. The Morgan fingerprint density at radius 1 is 1.35 bits per heavy atom. The van der Waals surface area contributed by atoms with Gasteiger partial charge in [-0.1, -0.05) is 20.8 Å². The van der Waals surface area contributed by atoms with Crippen molar-refractivity contribution in [2.75, 3.05) is 26.2 Å². The molecule has 0 saturated carbocycles. The second-order valence-electron chi connectivity index (χ2n) is 8.46. The first-order valence-electron chi connectivity index (χ1n) is 10.0. The van der Waals surface area contributed by atoms with Gasteiger partial charge < -0.3 is 9.80 Å². The molecule has 1 aromatic heterocycles. The average molecular weight is 361 g/mol. The van der Waals surface area contributed by atoms with Gasteiger partial charge in [0.2, 0.25) is 5.91 Å². The van der Waals surface area contributed by atoms with Gasteiger partial charge >= 0.3 is 0 Å². The van der Waals surface area contributed by atoms with Gasteiger partial charge in [-0.15, -0.1) is 0 Å². The van der Waals surface area contributed by atoms with Crippen molar-refractivity contribution in [1.29, 1.82) is 0 Å². The Morgan fingerprint density at radius 3 is 2.85 bits per heavy atom. The van der Waals surface area contributed by atoms with Crippen LogP contribution < -0.4 is 0 Å². The van der Waals surface area contributed by atoms with E-state index >= 15 is 0 Å². The SMILES string of the molecule is CCc1cc(C(=O)N2CCCC3(CCC(=O)N(CCC(C)C)C3)C2)n[nH]1. The first-order chi connectivity index (χ1) is 12.4. The number of piperidine rings is 2. The average Bonchev–Trinajstić information content (AvgIpc) is 3.11. The summed E-state index contributed by atoms with van der Waals surface area (Å²) in [5, 5.41) is 7.13. The van der Waals surface area contributed by atoms with Gasteiger partial charge in [-0.25, -0.2) is 0 Å². The highest BCUT2D eigenvalue weighted by Crippen LogP contribution is 2.39. The molecule has 144 valence electrons. The number of nitrogens with zero attached hydrogens (tertiary/aromatic N) is 3. The molecule has 1 unspecified atom stereocenters. The van der Waals surface area contributed by atoms with Crippen molar-refractivity contribution in [3.05, 3.63) is 17.5 Å². The molecule has 2 aliphatic heterocycles. The second-order valence-corrected chi connectivity index (χ2v) is 8.46. The highest BCUT2D eigenvalue weighted by Gasteiger charge is 2.42. The lowest BCUT2D eigenvalue weighted by atomic mass is 9.73. The molecule has 6 nitrogen and oxygen atoms in total. The molecule has 3 heterocycles. The van der Waals surface area contributed by atoms with Gasteiger partial charge in [0, 0.05) is 43.7 Å². The van der Waals surface area contributed by atoms with Gasteiger partial charge in [0.05, 0.1) is 0 Å². The number of rotatable bonds is 5. The zero-order chi connectivity index (χ0) is 18.7. The Hall–Kier alpha value is -1.85. The molecule has 0 aromatic carbocycles. The van der Waals surface area contributed by atoms with Gasteiger partial charge in [-0.3, -0.25) is 14.7 Å². The topological polar surface area (TPSA) is 69.3 Å². The summed E-state index contributed by atoms with van der Waals surface area (Å²) in [5.74, 6) is 0.891. The molecule has 26 heavy (non-hydrogen) atoms. The van der Waals surface area contributed by atoms with Crippen molar-refractivity contribution >= 4 is 11.8 Å². The van der Waals surface area contributed by atoms with Crippen LogP contribution in [-0.4, -0.2) is 58.0 Å². The van der Waals surface area contributed by atoms with E-state index in [1.54, 1.807) is 0 Å². The molecule has 2 saturated heterocycles. The molecule has 2 aliphatic rings. The number of carbonyl (C=O) groups is 2. The fourth-order valence-electron chi connectivity index (χ4n) is 4.25. The monoisotopic (exact) mass is 360 g/mol. The van der Waals surface area contributed by atoms with Gasteiger partial charge in [-0.2, -0.15) is 5.10 Å². The summed E-state index contributed by atoms with van der Waals surface area (Å²) in [7, 11) is 0. The van der Waals surface area contributed by atoms with Crippen LogP contribution >= 0.6 is 0 Å². The van der Waals surface area contributed by atoms with E-state index in [0.29, 0.717) is 18.0 Å². The number of carbonyl (C=O) groups excluding carboxylic acids is 2. The van der Waals surface area contributed by atoms with Gasteiger partial charge in [-0.05, 0) is 44.1 Å². The molecule has 1 aromatic rings. The number of likely N-dealkylation sites (tertiary alicyclic amines) is 2. The maximum Gasteiger partial charge on any atom is 0.274 e. The van der Waals surface area contributed by atoms with E-state index < -0.39 is 0 Å². The van der Waals surface area contributed by atoms with Crippen LogP contribution in [0.4, 0.5) is 0 Å². The molecule has 3 rings (SSSR count). The minimum atomic E-state index is 0.0191. The Balaban J connectivity index is 1.68. The second kappa shape index (κ2) is 7.80. The van der Waals surface area contributed by atoms with Crippen LogP contribution in [0, 0.1) is 11.3 Å². The van der Waals surface area contributed by atoms with Crippen LogP contribution in [0.1, 0.15) is 69.1 Å². The Labute approximate surface area is 156 Å². The number of H-pyrrole nitrogens is 1. The molecular formula is C20H32N4O2. The van der Waals surface area contributed by atoms with E-state index in [2.05, 4.69) is 24.0 Å². The lowest BCUT2D eigenvalue weighted by molar-refractivity contribution is -0.139. The van der Waals surface area contributed by atoms with E-state index in [0.717, 1.165) is 64.0 Å². The van der Waals surface area contributed by atoms with Crippen LogP contribution in [0.5, 0.6) is 0 Å². The van der Waals surface area contributed by atoms with Gasteiger partial charge in [0.25, 0.3) is 5.91 Å². The minimum Gasteiger partial charge on any atom is -0.342 e. The molecule has 0 radical (unpaired) electrons. The van der Waals surface area contributed by atoms with E-state index in [4.69, 9.17) is 0 Å². The van der Waals surface area contributed by atoms with Gasteiger partial charge in [0.15, 0.2) is 0 Å². The zero-order valence-electron chi connectivity index (χ0n) is 16.4. The van der Waals surface area contributed by atoms with E-state index in [1.807, 2.05) is 22.8 Å². The van der Waals surface area contributed by atoms with Crippen molar-refractivity contribution in [3.8, 4) is 0 Å². The summed E-state index contributed by atoms with van der Waals surface area (Å²) in [6.07, 6.45) is 5.50. The maximum absolute atomic E-state index is 12.9. The predicted octanol–water partition coefficient (Wildman–Crippen LogP) is 2.86. The standard InChI is InChI=1S/C20H32N4O2/c1-4-16-12-17(22-21-16)19(26)24-10-5-8-20(14-24)9-6-18(25)23(13-20)11-7-15(2)3/h12,15H,4-11,13-14H2,1-3H3,(H,21,22). The summed E-state index contributed by atoms with van der Waals surface area (Å²) in [6, 6.07) is 1.86. The van der Waals surface area contributed by atoms with Crippen molar-refractivity contribution < 1.29 is 9.59 Å². The van der Waals surface area contributed by atoms with E-state index in [-0.39, 0.29) is 17.2 Å². The maximum atomic E-state index is 12.9. The smallest absolute Gasteiger partial charge is 0.274 e. The third-order valence-corrected chi connectivity index (χ3v) is 5.90. The number of amides is 2. The number of aromatic amines is 1. The third kappa shape index (κ3) is 4.10. The molecular weight excluding hydrogens is 328 g/mol. The van der Waals surface area contributed by atoms with E-state index in [1.165, 1.54) is 0 Å². The Morgan fingerprint density at radius 2 is 2.15 bits per heavy atom. The highest BCUT2D eigenvalue weighted by molar-refractivity contribution is 5.92. The number of hydrogen-bond donors (Lipinski definition) is 1. The molecule has 2 fully saturated rings. The number of aromatic nitrogens is 2. The van der Waals surface area contributed by atoms with Crippen molar-refractivity contribution in [2.45, 2.75) is 59.3 Å². The Bertz CT molecular complexity index is 654. The molecule has 1 N–H and O–H groups in total. The van der Waals surface area contributed by atoms with Crippen LogP contribution in [0.15, 0.2) is 6.07 Å². The number of nitrogens with one attached hydrogen (secondary N) is 1. The fourth-order valence-corrected chi connectivity index (χ4v) is 4.25. The largest absolute Gasteiger partial charge is 0.342 e. The summed E-state index contributed by atoms with van der Waals surface area (Å²) < 4.78 is 0. The summed E-state index contributed by atoms with van der Waals surface area (Å²) in [5.41, 5.74) is 1.56. The molecule has 0 aliphatic carbocycles. The molecule has 2 amide bonds. The summed E-state index contributed by atoms with van der Waals surface area (Å²) >= 11 is 0. The minimum absolute atomic E-state index is 0.0191. The zero-order valence-corrected chi connectivity index (χ0v) is 16.4. The summed E-state index contributed by atoms with van der Waals surface area (Å²) in [6.45, 7) is 9.59. The highest BCUT2D eigenvalue weighted by atomic mass is 16.2. The fraction of sp³-hybridized carbons (Fsp3) is 0.750. The van der Waals surface area contributed by atoms with Crippen LogP contribution in [0.2, 0.25) is 0 Å². The first kappa shape index (κ1) is 18.9. The molecule has 1 spiro atoms. The Kier molecular flexibility index (Phi) is 5.68. The first-order valence-corrected chi connectivity index (χ1v) is 10.0. The summed E-state index contributed by atoms with van der Waals surface area (Å²) in [4.78, 5) is 29.2. The molecule has 1 atom stereocenters. The van der Waals surface area contributed by atoms with Crippen LogP contribution in [0.25, 0.3) is 0 Å². The van der Waals surface area contributed by atoms with E-state index in [9.17, 15) is 9.59 Å². The third-order valence-electron chi connectivity index (χ3n) is 5.90. The van der Waals surface area contributed by atoms with Crippen molar-refractivity contribution in [2.24, 2.45) is 11.3 Å². The van der Waals surface area contributed by atoms with Crippen molar-refractivity contribution in [3.63, 3.8) is 0 Å². The lowest BCUT2D eigenvalue weighted by Gasteiger charge is -2.48. The van der Waals surface area contributed by atoms with Crippen LogP contribution in [0.3, 0.4) is 0 Å². The molecule has 6 heteroatoms. The molecule has 0 bridgehead atoms. The lowest BCUT2D eigenvalue weighted by Crippen LogP contribution is -2.55. The number of hydrogen-bond acceptors (Lipinski definition) is 3. The van der Waals surface area contributed by atoms with Crippen molar-refractivity contribution in [1.82, 2.24) is 20.0 Å². The number of aryl methyl sites for hydroxylation is 1. The van der Waals surface area contributed by atoms with Crippen LogP contribution in [-0.2, 0) is 11.2 Å². The quantitative estimate of drug-likeness (QED) is 0.878.